The van der Waals surface area contributed by atoms with Crippen LogP contribution in [-0.2, 0) is 6.18 Å². The van der Waals surface area contributed by atoms with Gasteiger partial charge in [-0.25, -0.2) is 0 Å². The Morgan fingerprint density at radius 3 is 2.38 bits per heavy atom. The fraction of sp³-hybridized carbons (Fsp3) is 0.273. The van der Waals surface area contributed by atoms with Crippen molar-refractivity contribution < 1.29 is 13.2 Å². The van der Waals surface area contributed by atoms with Crippen molar-refractivity contribution in [2.75, 3.05) is 5.73 Å². The molecule has 16 heavy (non-hydrogen) atoms. The Kier molecular flexibility index (Phi) is 3.65. The van der Waals surface area contributed by atoms with Gasteiger partial charge in [0, 0.05) is 11.3 Å². The number of hydrogen-bond acceptors (Lipinski definition) is 1. The summed E-state index contributed by atoms with van der Waals surface area (Å²) >= 11 is 0. The highest BCUT2D eigenvalue weighted by atomic mass is 28.3. The van der Waals surface area contributed by atoms with Crippen LogP contribution in [0.2, 0.25) is 13.1 Å². The zero-order valence-corrected chi connectivity index (χ0v) is 10.2. The lowest BCUT2D eigenvalue weighted by Crippen LogP contribution is -2.06. The van der Waals surface area contributed by atoms with Crippen LogP contribution in [0, 0.1) is 11.5 Å². The molecule has 0 unspecified atom stereocenters. The van der Waals surface area contributed by atoms with Crippen LogP contribution in [0.3, 0.4) is 0 Å². The summed E-state index contributed by atoms with van der Waals surface area (Å²) in [5.74, 6) is 2.71. The number of hydrogen-bond donors (Lipinski definition) is 1. The maximum absolute atomic E-state index is 12.4. The second kappa shape index (κ2) is 4.62. The number of anilines is 1. The molecular formula is C11H12F3NSi. The first-order valence-electron chi connectivity index (χ1n) is 4.79. The first-order valence-corrected chi connectivity index (χ1v) is 7.67. The molecule has 86 valence electrons. The van der Waals surface area contributed by atoms with Crippen molar-refractivity contribution in [3.05, 3.63) is 29.3 Å². The zero-order chi connectivity index (χ0) is 12.3. The zero-order valence-electron chi connectivity index (χ0n) is 9.02. The van der Waals surface area contributed by atoms with Crippen molar-refractivity contribution in [1.29, 1.82) is 0 Å². The van der Waals surface area contributed by atoms with E-state index in [1.165, 1.54) is 6.07 Å². The topological polar surface area (TPSA) is 26.0 Å². The molecule has 0 aromatic heterocycles. The molecule has 1 aromatic carbocycles. The molecule has 0 radical (unpaired) electrons. The highest BCUT2D eigenvalue weighted by Crippen LogP contribution is 2.30. The SMILES string of the molecule is C[SiH](C)C#Cc1cc(C(F)(F)F)ccc1N. The average Bonchev–Trinajstić information content (AvgIpc) is 2.14. The Hall–Kier alpha value is -1.41. The van der Waals surface area contributed by atoms with E-state index in [1.807, 2.05) is 13.1 Å². The quantitative estimate of drug-likeness (QED) is 0.423. The van der Waals surface area contributed by atoms with Gasteiger partial charge in [0.15, 0.2) is 0 Å². The van der Waals surface area contributed by atoms with Crippen LogP contribution < -0.4 is 5.73 Å². The summed E-state index contributed by atoms with van der Waals surface area (Å²) in [6, 6.07) is 3.21. The van der Waals surface area contributed by atoms with E-state index < -0.39 is 20.5 Å². The van der Waals surface area contributed by atoms with Crippen molar-refractivity contribution in [2.24, 2.45) is 0 Å². The minimum atomic E-state index is -4.35. The second-order valence-corrected chi connectivity index (χ2v) is 6.32. The summed E-state index contributed by atoms with van der Waals surface area (Å²) in [5.41, 5.74) is 8.32. The van der Waals surface area contributed by atoms with Crippen molar-refractivity contribution in [2.45, 2.75) is 19.3 Å². The predicted octanol–water partition coefficient (Wildman–Crippen LogP) is 2.67. The Morgan fingerprint density at radius 2 is 1.88 bits per heavy atom. The molecule has 2 N–H and O–H groups in total. The van der Waals surface area contributed by atoms with Crippen LogP contribution >= 0.6 is 0 Å². The summed E-state index contributed by atoms with van der Waals surface area (Å²) in [5, 5.41) is 0. The van der Waals surface area contributed by atoms with E-state index in [0.29, 0.717) is 0 Å². The van der Waals surface area contributed by atoms with E-state index in [9.17, 15) is 13.2 Å². The summed E-state index contributed by atoms with van der Waals surface area (Å²) in [4.78, 5) is 0. The van der Waals surface area contributed by atoms with E-state index in [0.717, 1.165) is 12.1 Å². The molecule has 1 aromatic rings. The molecule has 0 saturated heterocycles. The van der Waals surface area contributed by atoms with Gasteiger partial charge in [0.2, 0.25) is 0 Å². The summed E-state index contributed by atoms with van der Waals surface area (Å²) in [6.07, 6.45) is -4.35. The molecule has 0 amide bonds. The largest absolute Gasteiger partial charge is 0.416 e. The van der Waals surface area contributed by atoms with Gasteiger partial charge in [-0.15, -0.1) is 5.54 Å². The fourth-order valence-corrected chi connectivity index (χ4v) is 1.51. The first-order chi connectivity index (χ1) is 7.30. The third-order valence-corrected chi connectivity index (χ3v) is 2.60. The van der Waals surface area contributed by atoms with Crippen molar-refractivity contribution >= 4 is 14.5 Å². The lowest BCUT2D eigenvalue weighted by atomic mass is 10.1. The first kappa shape index (κ1) is 12.7. The minimum absolute atomic E-state index is 0.260. The molecule has 1 rings (SSSR count). The average molecular weight is 243 g/mol. The molecule has 0 aliphatic rings. The van der Waals surface area contributed by atoms with E-state index in [-0.39, 0.29) is 11.3 Å². The predicted molar refractivity (Wildman–Crippen MR) is 61.6 cm³/mol. The van der Waals surface area contributed by atoms with Gasteiger partial charge in [0.25, 0.3) is 0 Å². The summed E-state index contributed by atoms with van der Waals surface area (Å²) in [7, 11) is -1.12. The van der Waals surface area contributed by atoms with Crippen molar-refractivity contribution in [3.63, 3.8) is 0 Å². The molecule has 0 fully saturated rings. The highest BCUT2D eigenvalue weighted by Gasteiger charge is 2.30. The highest BCUT2D eigenvalue weighted by molar-refractivity contribution is 6.64. The van der Waals surface area contributed by atoms with Crippen LogP contribution in [-0.4, -0.2) is 8.80 Å². The second-order valence-electron chi connectivity index (χ2n) is 3.72. The number of nitrogens with two attached hydrogens (primary N) is 1. The smallest absolute Gasteiger partial charge is 0.398 e. The molecule has 5 heteroatoms. The Morgan fingerprint density at radius 1 is 1.25 bits per heavy atom. The third kappa shape index (κ3) is 3.31. The Balaban J connectivity index is 3.16. The van der Waals surface area contributed by atoms with Crippen molar-refractivity contribution in [1.82, 2.24) is 0 Å². The molecule has 0 saturated carbocycles. The number of alkyl halides is 3. The van der Waals surface area contributed by atoms with Gasteiger partial charge in [-0.05, 0) is 18.2 Å². The van der Waals surface area contributed by atoms with Crippen LogP contribution in [0.4, 0.5) is 18.9 Å². The Labute approximate surface area is 94.1 Å². The lowest BCUT2D eigenvalue weighted by molar-refractivity contribution is -0.137. The maximum atomic E-state index is 12.4. The maximum Gasteiger partial charge on any atom is 0.416 e. The van der Waals surface area contributed by atoms with Crippen LogP contribution in [0.15, 0.2) is 18.2 Å². The molecule has 0 heterocycles. The Bertz CT molecular complexity index is 441. The van der Waals surface area contributed by atoms with Gasteiger partial charge in [0.05, 0.1) is 5.56 Å². The molecule has 0 spiro atoms. The lowest BCUT2D eigenvalue weighted by Gasteiger charge is -2.07. The fourth-order valence-electron chi connectivity index (χ4n) is 1.06. The summed E-state index contributed by atoms with van der Waals surface area (Å²) in [6.45, 7) is 3.99. The third-order valence-electron chi connectivity index (χ3n) is 1.88. The molecular weight excluding hydrogens is 231 g/mol. The van der Waals surface area contributed by atoms with Crippen molar-refractivity contribution in [3.8, 4) is 11.5 Å². The number of benzene rings is 1. The number of nitrogen functional groups attached to an aromatic ring is 1. The summed E-state index contributed by atoms with van der Waals surface area (Å²) < 4.78 is 37.3. The van der Waals surface area contributed by atoms with E-state index in [4.69, 9.17) is 5.73 Å². The monoisotopic (exact) mass is 243 g/mol. The molecule has 0 aliphatic carbocycles. The normalized spacial score (nSPS) is 11.1. The molecule has 1 nitrogen and oxygen atoms in total. The number of halogens is 3. The molecule has 0 aliphatic heterocycles. The molecule has 0 atom stereocenters. The van der Waals surface area contributed by atoms with Gasteiger partial charge in [-0.3, -0.25) is 0 Å². The van der Waals surface area contributed by atoms with Crippen LogP contribution in [0.25, 0.3) is 0 Å². The van der Waals surface area contributed by atoms with Gasteiger partial charge >= 0.3 is 6.18 Å². The van der Waals surface area contributed by atoms with Gasteiger partial charge in [0.1, 0.15) is 8.80 Å². The van der Waals surface area contributed by atoms with E-state index in [2.05, 4.69) is 11.5 Å². The van der Waals surface area contributed by atoms with Crippen LogP contribution in [0.5, 0.6) is 0 Å². The van der Waals surface area contributed by atoms with Gasteiger partial charge in [-0.1, -0.05) is 19.0 Å². The van der Waals surface area contributed by atoms with E-state index >= 15 is 0 Å². The number of rotatable bonds is 0. The van der Waals surface area contributed by atoms with Gasteiger partial charge < -0.3 is 5.73 Å². The molecule has 0 bridgehead atoms. The minimum Gasteiger partial charge on any atom is -0.398 e. The standard InChI is InChI=1S/C11H12F3NSi/c1-16(2)6-5-8-7-9(11(12,13)14)3-4-10(8)15/h3-4,7,16H,15H2,1-2H3. The van der Waals surface area contributed by atoms with Gasteiger partial charge in [-0.2, -0.15) is 13.2 Å². The van der Waals surface area contributed by atoms with Crippen LogP contribution in [0.1, 0.15) is 11.1 Å². The van der Waals surface area contributed by atoms with E-state index in [1.54, 1.807) is 0 Å².